The third-order valence-corrected chi connectivity index (χ3v) is 7.74. The Morgan fingerprint density at radius 1 is 0.833 bits per heavy atom. The summed E-state index contributed by atoms with van der Waals surface area (Å²) in [4.78, 5) is 4.98. The van der Waals surface area contributed by atoms with Gasteiger partial charge in [-0.3, -0.25) is 4.90 Å². The smallest absolute Gasteiger partial charge is 0.123 e. The standard InChI is InChI=1S/C25H31FN2O.ClH/c26-21-10-12-22(13-11-21)27-15-17-28(18-16-27)24-14-9-20-7-4-8-23(24)25(20,29)19-5-2-1-3-6-19;/h1-3,5-6,10-13,20,23-24,29H,4,7-9,14-18H2;1H. The molecule has 0 radical (unpaired) electrons. The molecule has 30 heavy (non-hydrogen) atoms. The molecular formula is C25H32ClFN2O. The summed E-state index contributed by atoms with van der Waals surface area (Å²) in [6, 6.07) is 17.7. The first-order valence-electron chi connectivity index (χ1n) is 11.2. The maximum absolute atomic E-state index is 13.2. The number of aliphatic hydroxyl groups is 1. The Balaban J connectivity index is 0.00000218. The van der Waals surface area contributed by atoms with Crippen molar-refractivity contribution in [3.63, 3.8) is 0 Å². The Bertz CT molecular complexity index is 825. The number of fused-ring (bicyclic) bond motifs is 2. The van der Waals surface area contributed by atoms with E-state index in [1.807, 2.05) is 18.2 Å². The van der Waals surface area contributed by atoms with E-state index in [-0.39, 0.29) is 18.2 Å². The fourth-order valence-electron chi connectivity index (χ4n) is 6.31. The number of piperazine rings is 1. The normalized spacial score (nSPS) is 31.8. The number of hydrogen-bond acceptors (Lipinski definition) is 3. The molecule has 1 N–H and O–H groups in total. The lowest BCUT2D eigenvalue weighted by molar-refractivity contribution is -0.156. The van der Waals surface area contributed by atoms with E-state index in [9.17, 15) is 9.50 Å². The predicted molar refractivity (Wildman–Crippen MR) is 122 cm³/mol. The van der Waals surface area contributed by atoms with Gasteiger partial charge in [0.1, 0.15) is 5.82 Å². The molecule has 5 heteroatoms. The van der Waals surface area contributed by atoms with Gasteiger partial charge in [-0.2, -0.15) is 0 Å². The van der Waals surface area contributed by atoms with Gasteiger partial charge in [0.25, 0.3) is 0 Å². The first-order chi connectivity index (χ1) is 14.2. The van der Waals surface area contributed by atoms with Crippen LogP contribution in [0.25, 0.3) is 0 Å². The first-order valence-corrected chi connectivity index (χ1v) is 11.2. The summed E-state index contributed by atoms with van der Waals surface area (Å²) in [5.41, 5.74) is 1.54. The van der Waals surface area contributed by atoms with Gasteiger partial charge in [-0.25, -0.2) is 4.39 Å². The minimum atomic E-state index is -0.684. The second-order valence-corrected chi connectivity index (χ2v) is 9.07. The van der Waals surface area contributed by atoms with E-state index in [1.54, 1.807) is 12.1 Å². The van der Waals surface area contributed by atoms with E-state index in [0.717, 1.165) is 56.7 Å². The lowest BCUT2D eigenvalue weighted by Crippen LogP contribution is -2.61. The van der Waals surface area contributed by atoms with E-state index >= 15 is 0 Å². The van der Waals surface area contributed by atoms with E-state index in [1.165, 1.54) is 12.8 Å². The predicted octanol–water partition coefficient (Wildman–Crippen LogP) is 4.84. The minimum absolute atomic E-state index is 0. The zero-order valence-electron chi connectivity index (χ0n) is 17.4. The SMILES string of the molecule is Cl.OC1(c2ccccc2)C2CCCC1C(N1CCN(c3ccc(F)cc3)CC1)CC2. The molecular weight excluding hydrogens is 399 g/mol. The van der Waals surface area contributed by atoms with E-state index in [0.29, 0.717) is 17.9 Å². The van der Waals surface area contributed by atoms with Gasteiger partial charge in [0.15, 0.2) is 0 Å². The van der Waals surface area contributed by atoms with Gasteiger partial charge >= 0.3 is 0 Å². The molecule has 0 aromatic heterocycles. The maximum atomic E-state index is 13.2. The average molecular weight is 431 g/mol. The lowest BCUT2D eigenvalue weighted by Gasteiger charge is -2.56. The third kappa shape index (κ3) is 3.74. The van der Waals surface area contributed by atoms with Crippen LogP contribution in [0.2, 0.25) is 0 Å². The van der Waals surface area contributed by atoms with Gasteiger partial charge < -0.3 is 10.0 Å². The van der Waals surface area contributed by atoms with Crippen molar-refractivity contribution in [2.45, 2.75) is 43.7 Å². The number of rotatable bonds is 3. The van der Waals surface area contributed by atoms with E-state index in [4.69, 9.17) is 0 Å². The largest absolute Gasteiger partial charge is 0.385 e. The topological polar surface area (TPSA) is 26.7 Å². The highest BCUT2D eigenvalue weighted by atomic mass is 35.5. The van der Waals surface area contributed by atoms with Gasteiger partial charge in [-0.05, 0) is 61.4 Å². The summed E-state index contributed by atoms with van der Waals surface area (Å²) in [7, 11) is 0. The third-order valence-electron chi connectivity index (χ3n) is 7.74. The monoisotopic (exact) mass is 430 g/mol. The molecule has 162 valence electrons. The highest BCUT2D eigenvalue weighted by Crippen LogP contribution is 2.54. The van der Waals surface area contributed by atoms with Crippen LogP contribution >= 0.6 is 12.4 Å². The quantitative estimate of drug-likeness (QED) is 0.755. The van der Waals surface area contributed by atoms with Crippen LogP contribution in [0.4, 0.5) is 10.1 Å². The molecule has 2 aromatic rings. The van der Waals surface area contributed by atoms with Gasteiger partial charge in [-0.1, -0.05) is 36.8 Å². The van der Waals surface area contributed by atoms with Crippen LogP contribution in [0.15, 0.2) is 54.6 Å². The van der Waals surface area contributed by atoms with Crippen molar-refractivity contribution < 1.29 is 9.50 Å². The van der Waals surface area contributed by atoms with Crippen molar-refractivity contribution in [1.29, 1.82) is 0 Å². The Morgan fingerprint density at radius 2 is 1.53 bits per heavy atom. The van der Waals surface area contributed by atoms with Crippen LogP contribution in [0.5, 0.6) is 0 Å². The van der Waals surface area contributed by atoms with Gasteiger partial charge in [-0.15, -0.1) is 12.4 Å². The van der Waals surface area contributed by atoms with Crippen LogP contribution in [0, 0.1) is 17.7 Å². The molecule has 5 rings (SSSR count). The van der Waals surface area contributed by atoms with Crippen LogP contribution in [0.3, 0.4) is 0 Å². The Morgan fingerprint density at radius 3 is 2.23 bits per heavy atom. The van der Waals surface area contributed by atoms with Gasteiger partial charge in [0.2, 0.25) is 0 Å². The second-order valence-electron chi connectivity index (χ2n) is 9.07. The molecule has 4 atom stereocenters. The van der Waals surface area contributed by atoms with Crippen LogP contribution in [-0.2, 0) is 5.60 Å². The van der Waals surface area contributed by atoms with Crippen LogP contribution in [0.1, 0.15) is 37.7 Å². The zero-order valence-corrected chi connectivity index (χ0v) is 18.2. The average Bonchev–Trinajstić information content (AvgIpc) is 2.75. The number of halogens is 2. The summed E-state index contributed by atoms with van der Waals surface area (Å²) >= 11 is 0. The maximum Gasteiger partial charge on any atom is 0.123 e. The fourth-order valence-corrected chi connectivity index (χ4v) is 6.31. The number of nitrogens with zero attached hydrogens (tertiary/aromatic N) is 2. The fraction of sp³-hybridized carbons (Fsp3) is 0.520. The highest BCUT2D eigenvalue weighted by Gasteiger charge is 2.54. The zero-order chi connectivity index (χ0) is 19.8. The molecule has 1 heterocycles. The number of benzene rings is 2. The molecule has 0 spiro atoms. The van der Waals surface area contributed by atoms with Crippen molar-refractivity contribution in [3.05, 3.63) is 66.0 Å². The Labute approximate surface area is 185 Å². The number of anilines is 1. The summed E-state index contributed by atoms with van der Waals surface area (Å²) < 4.78 is 13.2. The molecule has 2 bridgehead atoms. The summed E-state index contributed by atoms with van der Waals surface area (Å²) in [6.45, 7) is 3.94. The van der Waals surface area contributed by atoms with Crippen LogP contribution < -0.4 is 4.90 Å². The molecule has 1 saturated heterocycles. The lowest BCUT2D eigenvalue weighted by atomic mass is 9.57. The number of hydrogen-bond donors (Lipinski definition) is 1. The second kappa shape index (κ2) is 8.86. The molecule has 1 aliphatic heterocycles. The van der Waals surface area contributed by atoms with E-state index in [2.05, 4.69) is 34.1 Å². The van der Waals surface area contributed by atoms with Crippen molar-refractivity contribution in [1.82, 2.24) is 4.90 Å². The van der Waals surface area contributed by atoms with Crippen molar-refractivity contribution in [2.75, 3.05) is 31.1 Å². The molecule has 0 amide bonds. The summed E-state index contributed by atoms with van der Waals surface area (Å²) in [6.07, 6.45) is 5.81. The summed E-state index contributed by atoms with van der Waals surface area (Å²) in [5.74, 6) is 0.525. The Hall–Kier alpha value is -1.62. The summed E-state index contributed by atoms with van der Waals surface area (Å²) in [5, 5.41) is 12.0. The highest BCUT2D eigenvalue weighted by molar-refractivity contribution is 5.85. The van der Waals surface area contributed by atoms with Crippen molar-refractivity contribution in [3.8, 4) is 0 Å². The van der Waals surface area contributed by atoms with Crippen LogP contribution in [-0.4, -0.2) is 42.2 Å². The van der Waals surface area contributed by atoms with E-state index < -0.39 is 5.60 Å². The minimum Gasteiger partial charge on any atom is -0.385 e. The molecule has 2 aliphatic carbocycles. The molecule has 3 fully saturated rings. The van der Waals surface area contributed by atoms with Crippen molar-refractivity contribution in [2.24, 2.45) is 11.8 Å². The molecule has 3 nitrogen and oxygen atoms in total. The molecule has 4 unspecified atom stereocenters. The Kier molecular flexibility index (Phi) is 6.38. The molecule has 2 aromatic carbocycles. The van der Waals surface area contributed by atoms with Gasteiger partial charge in [0, 0.05) is 43.8 Å². The van der Waals surface area contributed by atoms with Gasteiger partial charge in [0.05, 0.1) is 5.60 Å². The first kappa shape index (κ1) is 21.6. The molecule has 3 aliphatic rings. The van der Waals surface area contributed by atoms with Crippen molar-refractivity contribution >= 4 is 18.1 Å². The molecule has 2 saturated carbocycles.